The third kappa shape index (κ3) is 3.47. The van der Waals surface area contributed by atoms with Crippen LogP contribution in [-0.2, 0) is 16.6 Å². The SMILES string of the molecule is CN(C)c1ccnc(NCc2ccsc2S(N)(=O)=O)c1. The summed E-state index contributed by atoms with van der Waals surface area (Å²) < 4.78 is 23.0. The molecule has 0 unspecified atom stereocenters. The number of nitrogens with two attached hydrogens (primary N) is 1. The minimum absolute atomic E-state index is 0.189. The van der Waals surface area contributed by atoms with Crippen molar-refractivity contribution in [2.45, 2.75) is 10.8 Å². The van der Waals surface area contributed by atoms with Gasteiger partial charge in [0.25, 0.3) is 0 Å². The van der Waals surface area contributed by atoms with E-state index >= 15 is 0 Å². The third-order valence-corrected chi connectivity index (χ3v) is 5.20. The molecule has 0 amide bonds. The van der Waals surface area contributed by atoms with Crippen LogP contribution in [0.25, 0.3) is 0 Å². The maximum Gasteiger partial charge on any atom is 0.247 e. The number of rotatable bonds is 5. The summed E-state index contributed by atoms with van der Waals surface area (Å²) in [4.78, 5) is 6.16. The Balaban J connectivity index is 2.14. The summed E-state index contributed by atoms with van der Waals surface area (Å²) in [6, 6.07) is 5.53. The molecule has 2 aromatic heterocycles. The Hall–Kier alpha value is -1.64. The predicted molar refractivity (Wildman–Crippen MR) is 81.6 cm³/mol. The van der Waals surface area contributed by atoms with Gasteiger partial charge in [0.15, 0.2) is 0 Å². The molecular weight excluding hydrogens is 296 g/mol. The number of thiophene rings is 1. The topological polar surface area (TPSA) is 88.3 Å². The molecule has 2 heterocycles. The molecule has 0 bridgehead atoms. The average molecular weight is 312 g/mol. The van der Waals surface area contributed by atoms with Crippen molar-refractivity contribution >= 4 is 32.9 Å². The lowest BCUT2D eigenvalue weighted by Crippen LogP contribution is -2.14. The number of primary sulfonamides is 1. The predicted octanol–water partition coefficient (Wildman–Crippen LogP) is 1.47. The van der Waals surface area contributed by atoms with Crippen molar-refractivity contribution < 1.29 is 8.42 Å². The molecule has 0 aliphatic rings. The number of nitrogens with zero attached hydrogens (tertiary/aromatic N) is 2. The fourth-order valence-electron chi connectivity index (χ4n) is 1.68. The molecule has 8 heteroatoms. The van der Waals surface area contributed by atoms with E-state index in [0.29, 0.717) is 17.9 Å². The van der Waals surface area contributed by atoms with E-state index in [1.54, 1.807) is 17.6 Å². The van der Waals surface area contributed by atoms with Crippen LogP contribution in [0.15, 0.2) is 34.0 Å². The number of anilines is 2. The highest BCUT2D eigenvalue weighted by atomic mass is 32.2. The van der Waals surface area contributed by atoms with Crippen LogP contribution < -0.4 is 15.4 Å². The first-order valence-corrected chi connectivity index (χ1v) is 8.27. The van der Waals surface area contributed by atoms with E-state index in [0.717, 1.165) is 17.0 Å². The van der Waals surface area contributed by atoms with Gasteiger partial charge in [-0.2, -0.15) is 0 Å². The monoisotopic (exact) mass is 312 g/mol. The molecule has 2 aromatic rings. The summed E-state index contributed by atoms with van der Waals surface area (Å²) in [7, 11) is 0.217. The quantitative estimate of drug-likeness (QED) is 0.873. The van der Waals surface area contributed by atoms with Crippen LogP contribution in [0.2, 0.25) is 0 Å². The molecule has 0 saturated heterocycles. The Morgan fingerprint density at radius 3 is 2.80 bits per heavy atom. The number of aromatic nitrogens is 1. The summed E-state index contributed by atoms with van der Waals surface area (Å²) in [6.07, 6.45) is 1.70. The highest BCUT2D eigenvalue weighted by Crippen LogP contribution is 2.22. The lowest BCUT2D eigenvalue weighted by atomic mass is 10.3. The molecule has 0 aromatic carbocycles. The van der Waals surface area contributed by atoms with Gasteiger partial charge in [-0.05, 0) is 17.5 Å². The Labute approximate surface area is 122 Å². The van der Waals surface area contributed by atoms with E-state index in [-0.39, 0.29) is 4.21 Å². The summed E-state index contributed by atoms with van der Waals surface area (Å²) in [5.41, 5.74) is 1.66. The zero-order valence-electron chi connectivity index (χ0n) is 11.2. The second kappa shape index (κ2) is 5.78. The van der Waals surface area contributed by atoms with Crippen molar-refractivity contribution in [3.8, 4) is 0 Å². The molecule has 0 saturated carbocycles. The standard InChI is InChI=1S/C12H16N4O2S2/c1-16(2)10-3-5-14-11(7-10)15-8-9-4-6-19-12(9)20(13,17)18/h3-7H,8H2,1-2H3,(H,14,15)(H2,13,17,18). The van der Waals surface area contributed by atoms with Crippen LogP contribution in [0.5, 0.6) is 0 Å². The summed E-state index contributed by atoms with van der Waals surface area (Å²) in [6.45, 7) is 0.360. The van der Waals surface area contributed by atoms with E-state index in [9.17, 15) is 8.42 Å². The highest BCUT2D eigenvalue weighted by molar-refractivity contribution is 7.91. The second-order valence-corrected chi connectivity index (χ2v) is 7.10. The minimum atomic E-state index is -3.67. The molecule has 0 fully saturated rings. The smallest absolute Gasteiger partial charge is 0.247 e. The molecule has 2 rings (SSSR count). The zero-order chi connectivity index (χ0) is 14.8. The first kappa shape index (κ1) is 14.8. The molecule has 0 atom stereocenters. The fraction of sp³-hybridized carbons (Fsp3) is 0.250. The van der Waals surface area contributed by atoms with Crippen LogP contribution in [0.1, 0.15) is 5.56 Å². The maximum atomic E-state index is 11.4. The summed E-state index contributed by atoms with van der Waals surface area (Å²) in [5, 5.41) is 9.98. The molecule has 6 nitrogen and oxygen atoms in total. The Morgan fingerprint density at radius 1 is 1.40 bits per heavy atom. The van der Waals surface area contributed by atoms with Gasteiger partial charge in [-0.1, -0.05) is 0 Å². The van der Waals surface area contributed by atoms with E-state index in [1.165, 1.54) is 0 Å². The number of nitrogens with one attached hydrogen (secondary N) is 1. The van der Waals surface area contributed by atoms with Gasteiger partial charge in [0, 0.05) is 44.2 Å². The third-order valence-electron chi connectivity index (χ3n) is 2.68. The molecule has 0 radical (unpaired) electrons. The fourth-order valence-corrected chi connectivity index (χ4v) is 3.54. The first-order chi connectivity index (χ1) is 9.38. The Morgan fingerprint density at radius 2 is 2.15 bits per heavy atom. The van der Waals surface area contributed by atoms with Crippen LogP contribution in [0, 0.1) is 0 Å². The van der Waals surface area contributed by atoms with Gasteiger partial charge in [-0.3, -0.25) is 0 Å². The maximum absolute atomic E-state index is 11.4. The molecule has 3 N–H and O–H groups in total. The van der Waals surface area contributed by atoms with E-state index in [1.807, 2.05) is 31.1 Å². The molecule has 20 heavy (non-hydrogen) atoms. The van der Waals surface area contributed by atoms with Gasteiger partial charge in [0.2, 0.25) is 10.0 Å². The largest absolute Gasteiger partial charge is 0.378 e. The van der Waals surface area contributed by atoms with E-state index in [4.69, 9.17) is 5.14 Å². The van der Waals surface area contributed by atoms with Crippen LogP contribution in [0.3, 0.4) is 0 Å². The van der Waals surface area contributed by atoms with E-state index < -0.39 is 10.0 Å². The van der Waals surface area contributed by atoms with Gasteiger partial charge < -0.3 is 10.2 Å². The van der Waals surface area contributed by atoms with E-state index in [2.05, 4.69) is 10.3 Å². The number of hydrogen-bond donors (Lipinski definition) is 2. The summed E-state index contributed by atoms with van der Waals surface area (Å²) >= 11 is 1.12. The molecule has 0 spiro atoms. The number of sulfonamides is 1. The van der Waals surface area contributed by atoms with Crippen molar-refractivity contribution in [3.63, 3.8) is 0 Å². The lowest BCUT2D eigenvalue weighted by Gasteiger charge is -2.13. The van der Waals surface area contributed by atoms with Gasteiger partial charge in [0.05, 0.1) is 0 Å². The van der Waals surface area contributed by atoms with Crippen molar-refractivity contribution in [3.05, 3.63) is 35.3 Å². The zero-order valence-corrected chi connectivity index (χ0v) is 12.8. The number of hydrogen-bond acceptors (Lipinski definition) is 6. The molecule has 0 aliphatic heterocycles. The minimum Gasteiger partial charge on any atom is -0.378 e. The molecule has 0 aliphatic carbocycles. The van der Waals surface area contributed by atoms with Crippen molar-refractivity contribution in [1.82, 2.24) is 4.98 Å². The first-order valence-electron chi connectivity index (χ1n) is 5.84. The van der Waals surface area contributed by atoms with Crippen LogP contribution in [0.4, 0.5) is 11.5 Å². The van der Waals surface area contributed by atoms with Crippen molar-refractivity contribution in [2.75, 3.05) is 24.3 Å². The van der Waals surface area contributed by atoms with Gasteiger partial charge in [-0.25, -0.2) is 18.5 Å². The van der Waals surface area contributed by atoms with Crippen LogP contribution >= 0.6 is 11.3 Å². The lowest BCUT2D eigenvalue weighted by molar-refractivity contribution is 0.599. The average Bonchev–Trinajstić information content (AvgIpc) is 2.85. The van der Waals surface area contributed by atoms with Gasteiger partial charge in [-0.15, -0.1) is 11.3 Å². The van der Waals surface area contributed by atoms with Gasteiger partial charge >= 0.3 is 0 Å². The highest BCUT2D eigenvalue weighted by Gasteiger charge is 2.15. The van der Waals surface area contributed by atoms with Crippen molar-refractivity contribution in [2.24, 2.45) is 5.14 Å². The van der Waals surface area contributed by atoms with Gasteiger partial charge in [0.1, 0.15) is 10.0 Å². The second-order valence-electron chi connectivity index (χ2n) is 4.43. The summed E-state index contributed by atoms with van der Waals surface area (Å²) in [5.74, 6) is 0.683. The molecular formula is C12H16N4O2S2. The number of pyridine rings is 1. The Bertz CT molecular complexity index is 695. The van der Waals surface area contributed by atoms with Crippen LogP contribution in [-0.4, -0.2) is 27.5 Å². The molecule has 108 valence electrons. The normalized spacial score (nSPS) is 11.3. The van der Waals surface area contributed by atoms with Crippen molar-refractivity contribution in [1.29, 1.82) is 0 Å². The Kier molecular flexibility index (Phi) is 4.26.